The molecule has 0 bridgehead atoms. The Morgan fingerprint density at radius 1 is 1.18 bits per heavy atom. The number of carbonyl (C=O) groups is 1. The topological polar surface area (TPSA) is 54.9 Å². The zero-order valence-corrected chi connectivity index (χ0v) is 13.5. The van der Waals surface area contributed by atoms with Gasteiger partial charge in [0.25, 0.3) is 0 Å². The number of hydrogen-bond donors (Lipinski definition) is 1. The van der Waals surface area contributed by atoms with Gasteiger partial charge < -0.3 is 5.32 Å². The van der Waals surface area contributed by atoms with Gasteiger partial charge in [0.05, 0.1) is 16.0 Å². The van der Waals surface area contributed by atoms with Crippen LogP contribution in [0.1, 0.15) is 5.69 Å². The molecule has 2 heterocycles. The summed E-state index contributed by atoms with van der Waals surface area (Å²) in [6.45, 7) is 0.607. The van der Waals surface area contributed by atoms with Gasteiger partial charge in [-0.25, -0.2) is 4.98 Å². The van der Waals surface area contributed by atoms with Gasteiger partial charge in [0.1, 0.15) is 0 Å². The molecule has 0 radical (unpaired) electrons. The maximum absolute atomic E-state index is 11.8. The summed E-state index contributed by atoms with van der Waals surface area (Å²) >= 11 is 3.10. The second-order valence-corrected chi connectivity index (χ2v) is 6.91. The minimum Gasteiger partial charge on any atom is -0.355 e. The van der Waals surface area contributed by atoms with Crippen LogP contribution in [-0.2, 0) is 11.2 Å². The molecule has 3 aromatic rings. The summed E-state index contributed by atoms with van der Waals surface area (Å²) in [4.78, 5) is 20.6. The SMILES string of the molecule is O=C(CSc1nc2ccccc2s1)NCCc1ccccn1. The van der Waals surface area contributed by atoms with Crippen LogP contribution in [0, 0.1) is 0 Å². The average molecular weight is 329 g/mol. The molecule has 0 atom stereocenters. The van der Waals surface area contributed by atoms with E-state index >= 15 is 0 Å². The first-order chi connectivity index (χ1) is 10.8. The molecule has 112 valence electrons. The maximum atomic E-state index is 11.8. The Labute approximate surface area is 137 Å². The van der Waals surface area contributed by atoms with Crippen molar-refractivity contribution in [3.05, 3.63) is 54.4 Å². The molecule has 1 aromatic carbocycles. The van der Waals surface area contributed by atoms with E-state index in [0.717, 1.165) is 26.7 Å². The zero-order valence-electron chi connectivity index (χ0n) is 11.9. The van der Waals surface area contributed by atoms with E-state index in [1.54, 1.807) is 17.5 Å². The van der Waals surface area contributed by atoms with Gasteiger partial charge in [-0.1, -0.05) is 30.0 Å². The summed E-state index contributed by atoms with van der Waals surface area (Å²) in [5, 5.41) is 2.91. The van der Waals surface area contributed by atoms with Gasteiger partial charge in [-0.05, 0) is 24.3 Å². The number of para-hydroxylation sites is 1. The molecule has 1 amide bonds. The number of amides is 1. The molecule has 2 aromatic heterocycles. The van der Waals surface area contributed by atoms with E-state index in [1.165, 1.54) is 11.8 Å². The minimum atomic E-state index is 0.0280. The highest BCUT2D eigenvalue weighted by molar-refractivity contribution is 8.01. The van der Waals surface area contributed by atoms with E-state index in [1.807, 2.05) is 42.5 Å². The fraction of sp³-hybridized carbons (Fsp3) is 0.188. The van der Waals surface area contributed by atoms with Crippen molar-refractivity contribution in [2.45, 2.75) is 10.8 Å². The van der Waals surface area contributed by atoms with Gasteiger partial charge in [-0.2, -0.15) is 0 Å². The number of fused-ring (bicyclic) bond motifs is 1. The van der Waals surface area contributed by atoms with E-state index in [2.05, 4.69) is 15.3 Å². The van der Waals surface area contributed by atoms with Crippen LogP contribution in [-0.4, -0.2) is 28.2 Å². The van der Waals surface area contributed by atoms with Crippen LogP contribution >= 0.6 is 23.1 Å². The van der Waals surface area contributed by atoms with Crippen LogP contribution in [0.4, 0.5) is 0 Å². The van der Waals surface area contributed by atoms with E-state index in [4.69, 9.17) is 0 Å². The lowest BCUT2D eigenvalue weighted by atomic mass is 10.3. The van der Waals surface area contributed by atoms with E-state index < -0.39 is 0 Å². The van der Waals surface area contributed by atoms with E-state index in [9.17, 15) is 4.79 Å². The van der Waals surface area contributed by atoms with Crippen LogP contribution < -0.4 is 5.32 Å². The molecule has 1 N–H and O–H groups in total. The van der Waals surface area contributed by atoms with Crippen LogP contribution in [0.5, 0.6) is 0 Å². The Balaban J connectivity index is 1.44. The molecule has 0 fully saturated rings. The molecular formula is C16H15N3OS2. The second kappa shape index (κ2) is 7.38. The Hall–Kier alpha value is -1.92. The molecular weight excluding hydrogens is 314 g/mol. The predicted octanol–water partition coefficient (Wildman–Crippen LogP) is 3.14. The minimum absolute atomic E-state index is 0.0280. The van der Waals surface area contributed by atoms with Gasteiger partial charge >= 0.3 is 0 Å². The number of carbonyl (C=O) groups excluding carboxylic acids is 1. The number of nitrogens with one attached hydrogen (secondary N) is 1. The largest absolute Gasteiger partial charge is 0.355 e. The van der Waals surface area contributed by atoms with Crippen molar-refractivity contribution in [1.29, 1.82) is 0 Å². The van der Waals surface area contributed by atoms with Gasteiger partial charge in [-0.15, -0.1) is 11.3 Å². The Bertz CT molecular complexity index is 725. The zero-order chi connectivity index (χ0) is 15.2. The highest BCUT2D eigenvalue weighted by atomic mass is 32.2. The summed E-state index contributed by atoms with van der Waals surface area (Å²) in [6, 6.07) is 13.8. The summed E-state index contributed by atoms with van der Waals surface area (Å²) in [7, 11) is 0. The smallest absolute Gasteiger partial charge is 0.230 e. The summed E-state index contributed by atoms with van der Waals surface area (Å²) in [6.07, 6.45) is 2.51. The van der Waals surface area contributed by atoms with E-state index in [-0.39, 0.29) is 5.91 Å². The number of pyridine rings is 1. The van der Waals surface area contributed by atoms with Crippen molar-refractivity contribution in [2.75, 3.05) is 12.3 Å². The number of thioether (sulfide) groups is 1. The lowest BCUT2D eigenvalue weighted by Crippen LogP contribution is -2.27. The molecule has 0 aliphatic carbocycles. The molecule has 3 rings (SSSR count). The summed E-state index contributed by atoms with van der Waals surface area (Å²) in [5.74, 6) is 0.419. The number of aromatic nitrogens is 2. The summed E-state index contributed by atoms with van der Waals surface area (Å²) in [5.41, 5.74) is 1.98. The number of nitrogens with zero attached hydrogens (tertiary/aromatic N) is 2. The maximum Gasteiger partial charge on any atom is 0.230 e. The quantitative estimate of drug-likeness (QED) is 0.706. The molecule has 0 aliphatic rings. The first kappa shape index (κ1) is 15.0. The average Bonchev–Trinajstić information content (AvgIpc) is 2.97. The molecule has 0 spiro atoms. The van der Waals surface area contributed by atoms with Crippen LogP contribution in [0.15, 0.2) is 53.0 Å². The third kappa shape index (κ3) is 4.05. The van der Waals surface area contributed by atoms with Crippen LogP contribution in [0.3, 0.4) is 0 Å². The second-order valence-electron chi connectivity index (χ2n) is 4.66. The fourth-order valence-electron chi connectivity index (χ4n) is 1.97. The van der Waals surface area contributed by atoms with Crippen molar-refractivity contribution >= 4 is 39.2 Å². The van der Waals surface area contributed by atoms with Crippen LogP contribution in [0.25, 0.3) is 10.2 Å². The molecule has 0 unspecified atom stereocenters. The number of thiazole rings is 1. The van der Waals surface area contributed by atoms with Crippen LogP contribution in [0.2, 0.25) is 0 Å². The number of benzene rings is 1. The number of rotatable bonds is 6. The molecule has 6 heteroatoms. The Morgan fingerprint density at radius 3 is 2.86 bits per heavy atom. The van der Waals surface area contributed by atoms with Crippen molar-refractivity contribution < 1.29 is 4.79 Å². The van der Waals surface area contributed by atoms with Gasteiger partial charge in [-0.3, -0.25) is 9.78 Å². The lowest BCUT2D eigenvalue weighted by molar-refractivity contribution is -0.118. The molecule has 0 aliphatic heterocycles. The highest BCUT2D eigenvalue weighted by Gasteiger charge is 2.07. The Morgan fingerprint density at radius 2 is 2.05 bits per heavy atom. The van der Waals surface area contributed by atoms with Crippen molar-refractivity contribution in [1.82, 2.24) is 15.3 Å². The fourth-order valence-corrected chi connectivity index (χ4v) is 3.87. The van der Waals surface area contributed by atoms with Gasteiger partial charge in [0.2, 0.25) is 5.91 Å². The van der Waals surface area contributed by atoms with Crippen molar-refractivity contribution in [2.24, 2.45) is 0 Å². The first-order valence-corrected chi connectivity index (χ1v) is 8.76. The highest BCUT2D eigenvalue weighted by Crippen LogP contribution is 2.28. The van der Waals surface area contributed by atoms with Crippen molar-refractivity contribution in [3.63, 3.8) is 0 Å². The molecule has 0 saturated heterocycles. The third-order valence-corrected chi connectivity index (χ3v) is 5.21. The predicted molar refractivity (Wildman–Crippen MR) is 91.3 cm³/mol. The lowest BCUT2D eigenvalue weighted by Gasteiger charge is -2.03. The van der Waals surface area contributed by atoms with Gasteiger partial charge in [0, 0.05) is 24.9 Å². The molecule has 22 heavy (non-hydrogen) atoms. The molecule has 4 nitrogen and oxygen atoms in total. The molecule has 0 saturated carbocycles. The number of hydrogen-bond acceptors (Lipinski definition) is 5. The van der Waals surface area contributed by atoms with E-state index in [0.29, 0.717) is 12.3 Å². The first-order valence-electron chi connectivity index (χ1n) is 6.96. The monoisotopic (exact) mass is 329 g/mol. The Kier molecular flexibility index (Phi) is 5.03. The summed E-state index contributed by atoms with van der Waals surface area (Å²) < 4.78 is 2.08. The normalized spacial score (nSPS) is 10.7. The standard InChI is InChI=1S/C16H15N3OS2/c20-15(18-10-8-12-5-3-4-9-17-12)11-21-16-19-13-6-1-2-7-14(13)22-16/h1-7,9H,8,10-11H2,(H,18,20). The van der Waals surface area contributed by atoms with Crippen molar-refractivity contribution in [3.8, 4) is 0 Å². The van der Waals surface area contributed by atoms with Gasteiger partial charge in [0.15, 0.2) is 4.34 Å². The third-order valence-electron chi connectivity index (χ3n) is 3.03.